The minimum absolute atomic E-state index is 0.0435. The SMILES string of the molecule is COc1c([C@@H]2[C@@H](C(=O)Nc3ccnc([C@H](O)CO)c3)O[C@](C)(C(F)(F)F)[C@@H]2C)ccc(F)c1C. The average Bonchev–Trinajstić information content (AvgIpc) is 3.07. The van der Waals surface area contributed by atoms with Crippen molar-refractivity contribution in [1.82, 2.24) is 4.98 Å². The number of rotatable bonds is 6. The highest BCUT2D eigenvalue weighted by molar-refractivity contribution is 5.95. The number of ether oxygens (including phenoxy) is 2. The van der Waals surface area contributed by atoms with Crippen LogP contribution >= 0.6 is 0 Å². The van der Waals surface area contributed by atoms with Crippen molar-refractivity contribution in [1.29, 1.82) is 0 Å². The van der Waals surface area contributed by atoms with Crippen LogP contribution in [0.3, 0.4) is 0 Å². The number of benzene rings is 1. The number of carbonyl (C=O) groups excluding carboxylic acids is 1. The molecule has 1 aliphatic rings. The van der Waals surface area contributed by atoms with Crippen molar-refractivity contribution in [2.75, 3.05) is 19.0 Å². The molecule has 1 aromatic carbocycles. The van der Waals surface area contributed by atoms with E-state index >= 15 is 0 Å². The molecule has 0 unspecified atom stereocenters. The summed E-state index contributed by atoms with van der Waals surface area (Å²) in [5.41, 5.74) is -2.14. The minimum Gasteiger partial charge on any atom is -0.496 e. The van der Waals surface area contributed by atoms with Crippen LogP contribution in [-0.2, 0) is 9.53 Å². The van der Waals surface area contributed by atoms with Gasteiger partial charge in [-0.05, 0) is 32.0 Å². The van der Waals surface area contributed by atoms with E-state index in [1.807, 2.05) is 0 Å². The Kier molecular flexibility index (Phi) is 7.20. The van der Waals surface area contributed by atoms with E-state index in [4.69, 9.17) is 14.6 Å². The average molecular weight is 486 g/mol. The van der Waals surface area contributed by atoms with E-state index in [1.165, 1.54) is 45.4 Å². The number of halogens is 4. The van der Waals surface area contributed by atoms with Gasteiger partial charge in [-0.1, -0.05) is 13.0 Å². The highest BCUT2D eigenvalue weighted by Crippen LogP contribution is 2.55. The molecule has 1 saturated heterocycles. The number of pyridine rings is 1. The van der Waals surface area contributed by atoms with Crippen molar-refractivity contribution < 1.29 is 42.0 Å². The third-order valence-corrected chi connectivity index (χ3v) is 6.42. The molecule has 1 fully saturated rings. The summed E-state index contributed by atoms with van der Waals surface area (Å²) in [4.78, 5) is 17.1. The number of nitrogens with zero attached hydrogens (tertiary/aromatic N) is 1. The van der Waals surface area contributed by atoms with Crippen LogP contribution in [0, 0.1) is 18.7 Å². The van der Waals surface area contributed by atoms with Gasteiger partial charge >= 0.3 is 6.18 Å². The zero-order valence-corrected chi connectivity index (χ0v) is 19.0. The predicted octanol–water partition coefficient (Wildman–Crippen LogP) is 3.64. The molecule has 7 nitrogen and oxygen atoms in total. The molecule has 1 amide bonds. The molecule has 5 atom stereocenters. The van der Waals surface area contributed by atoms with Gasteiger partial charge in [-0.15, -0.1) is 0 Å². The number of aromatic nitrogens is 1. The summed E-state index contributed by atoms with van der Waals surface area (Å²) in [6, 6.07) is 5.09. The van der Waals surface area contributed by atoms with Crippen LogP contribution in [0.1, 0.15) is 42.7 Å². The zero-order chi connectivity index (χ0) is 25.4. The van der Waals surface area contributed by atoms with Gasteiger partial charge in [0, 0.05) is 34.8 Å². The topological polar surface area (TPSA) is 101 Å². The fourth-order valence-electron chi connectivity index (χ4n) is 4.26. The molecule has 3 rings (SSSR count). The summed E-state index contributed by atoms with van der Waals surface area (Å²) < 4.78 is 67.0. The van der Waals surface area contributed by atoms with E-state index in [9.17, 15) is 27.5 Å². The van der Waals surface area contributed by atoms with E-state index in [0.717, 1.165) is 13.0 Å². The summed E-state index contributed by atoms with van der Waals surface area (Å²) in [6.45, 7) is 3.03. The normalized spacial score (nSPS) is 25.8. The largest absolute Gasteiger partial charge is 0.496 e. The smallest absolute Gasteiger partial charge is 0.417 e. The molecule has 3 N–H and O–H groups in total. The van der Waals surface area contributed by atoms with Crippen molar-refractivity contribution in [3.8, 4) is 5.75 Å². The van der Waals surface area contributed by atoms with E-state index in [1.54, 1.807) is 0 Å². The van der Waals surface area contributed by atoms with Crippen LogP contribution in [0.25, 0.3) is 0 Å². The molecular formula is C23H26F4N2O5. The van der Waals surface area contributed by atoms with Gasteiger partial charge in [0.25, 0.3) is 5.91 Å². The Morgan fingerprint density at radius 1 is 1.35 bits per heavy atom. The fraction of sp³-hybridized carbons (Fsp3) is 0.478. The Balaban J connectivity index is 2.05. The number of hydrogen-bond acceptors (Lipinski definition) is 6. The second-order valence-electron chi connectivity index (χ2n) is 8.41. The Hall–Kier alpha value is -2.76. The van der Waals surface area contributed by atoms with Crippen LogP contribution in [-0.4, -0.2) is 52.7 Å². The van der Waals surface area contributed by atoms with Gasteiger partial charge in [-0.3, -0.25) is 9.78 Å². The predicted molar refractivity (Wildman–Crippen MR) is 114 cm³/mol. The van der Waals surface area contributed by atoms with Crippen molar-refractivity contribution in [2.24, 2.45) is 5.92 Å². The van der Waals surface area contributed by atoms with Gasteiger partial charge in [0.05, 0.1) is 19.4 Å². The van der Waals surface area contributed by atoms with Crippen LogP contribution in [0.2, 0.25) is 0 Å². The van der Waals surface area contributed by atoms with Gasteiger partial charge in [-0.25, -0.2) is 4.39 Å². The molecule has 0 spiro atoms. The minimum atomic E-state index is -4.79. The quantitative estimate of drug-likeness (QED) is 0.539. The molecular weight excluding hydrogens is 460 g/mol. The summed E-state index contributed by atoms with van der Waals surface area (Å²) in [5.74, 6) is -3.78. The number of alkyl halides is 3. The second-order valence-corrected chi connectivity index (χ2v) is 8.41. The first kappa shape index (κ1) is 25.9. The number of aliphatic hydroxyl groups excluding tert-OH is 2. The Morgan fingerprint density at radius 3 is 2.62 bits per heavy atom. The summed E-state index contributed by atoms with van der Waals surface area (Å²) in [6.07, 6.45) is -6.42. The van der Waals surface area contributed by atoms with Gasteiger partial charge in [0.15, 0.2) is 5.60 Å². The third-order valence-electron chi connectivity index (χ3n) is 6.42. The lowest BCUT2D eigenvalue weighted by molar-refractivity contribution is -0.272. The fourth-order valence-corrected chi connectivity index (χ4v) is 4.26. The Labute approximate surface area is 193 Å². The molecule has 1 aliphatic heterocycles. The molecule has 1 aromatic heterocycles. The number of methoxy groups -OCH3 is 1. The van der Waals surface area contributed by atoms with E-state index in [0.29, 0.717) is 0 Å². The highest BCUT2D eigenvalue weighted by atomic mass is 19.4. The molecule has 186 valence electrons. The standard InChI is InChI=1S/C23H26F4N2O5/c1-11-15(24)6-5-14(19(11)33-4)18-12(2)22(3,23(25,26)27)34-20(18)21(32)29-13-7-8-28-16(9-13)17(31)10-30/h5-9,12,17-18,20,30-31H,10H2,1-4H3,(H,28,29,32)/t12-,17-,18-,20+,22+/m1/s1. The lowest BCUT2D eigenvalue weighted by Gasteiger charge is -2.32. The Morgan fingerprint density at radius 2 is 2.03 bits per heavy atom. The zero-order valence-electron chi connectivity index (χ0n) is 19.0. The van der Waals surface area contributed by atoms with E-state index in [2.05, 4.69) is 10.3 Å². The van der Waals surface area contributed by atoms with Gasteiger partial charge < -0.3 is 25.0 Å². The molecule has 0 aliphatic carbocycles. The molecule has 34 heavy (non-hydrogen) atoms. The maximum absolute atomic E-state index is 14.1. The van der Waals surface area contributed by atoms with Crippen LogP contribution in [0.5, 0.6) is 5.75 Å². The Bertz CT molecular complexity index is 1060. The lowest BCUT2D eigenvalue weighted by Crippen LogP contribution is -2.47. The number of amides is 1. The first-order valence-electron chi connectivity index (χ1n) is 10.5. The maximum atomic E-state index is 14.1. The van der Waals surface area contributed by atoms with Crippen LogP contribution in [0.15, 0.2) is 30.5 Å². The molecule has 2 heterocycles. The van der Waals surface area contributed by atoms with Crippen molar-refractivity contribution in [2.45, 2.75) is 50.7 Å². The van der Waals surface area contributed by atoms with Crippen LogP contribution < -0.4 is 10.1 Å². The molecule has 11 heteroatoms. The van der Waals surface area contributed by atoms with E-state index in [-0.39, 0.29) is 28.3 Å². The first-order chi connectivity index (χ1) is 15.9. The van der Waals surface area contributed by atoms with Crippen molar-refractivity contribution >= 4 is 11.6 Å². The molecule has 0 radical (unpaired) electrons. The summed E-state index contributed by atoms with van der Waals surface area (Å²) in [7, 11) is 1.27. The van der Waals surface area contributed by atoms with Gasteiger partial charge in [0.1, 0.15) is 23.8 Å². The molecule has 2 aromatic rings. The van der Waals surface area contributed by atoms with E-state index < -0.39 is 54.2 Å². The maximum Gasteiger partial charge on any atom is 0.417 e. The molecule has 0 saturated carbocycles. The number of hydrogen-bond donors (Lipinski definition) is 3. The van der Waals surface area contributed by atoms with Crippen molar-refractivity contribution in [3.63, 3.8) is 0 Å². The lowest BCUT2D eigenvalue weighted by atomic mass is 9.76. The number of nitrogens with one attached hydrogen (secondary N) is 1. The first-order valence-corrected chi connectivity index (χ1v) is 10.5. The number of aliphatic hydroxyl groups is 2. The van der Waals surface area contributed by atoms with Gasteiger partial charge in [0.2, 0.25) is 0 Å². The highest BCUT2D eigenvalue weighted by Gasteiger charge is 2.65. The summed E-state index contributed by atoms with van der Waals surface area (Å²) in [5, 5.41) is 21.4. The number of anilines is 1. The van der Waals surface area contributed by atoms with Crippen LogP contribution in [0.4, 0.5) is 23.2 Å². The molecule has 0 bridgehead atoms. The van der Waals surface area contributed by atoms with Gasteiger partial charge in [-0.2, -0.15) is 13.2 Å². The second kappa shape index (κ2) is 9.47. The summed E-state index contributed by atoms with van der Waals surface area (Å²) >= 11 is 0. The third kappa shape index (κ3) is 4.47. The monoisotopic (exact) mass is 486 g/mol. The van der Waals surface area contributed by atoms with Crippen molar-refractivity contribution in [3.05, 3.63) is 53.1 Å². The number of carbonyl (C=O) groups is 1.